The monoisotopic (exact) mass is 219 g/mol. The summed E-state index contributed by atoms with van der Waals surface area (Å²) in [6, 6.07) is 1.72. The normalized spacial score (nSPS) is 16.7. The summed E-state index contributed by atoms with van der Waals surface area (Å²) in [5, 5.41) is 11.8. The molecule has 1 aliphatic carbocycles. The van der Waals surface area contributed by atoms with Gasteiger partial charge in [0.25, 0.3) is 0 Å². The van der Waals surface area contributed by atoms with Crippen molar-refractivity contribution in [2.75, 3.05) is 7.11 Å². The van der Waals surface area contributed by atoms with E-state index < -0.39 is 0 Å². The number of fused-ring (bicyclic) bond motifs is 1. The van der Waals surface area contributed by atoms with Crippen molar-refractivity contribution in [1.82, 2.24) is 0 Å². The fourth-order valence-electron chi connectivity index (χ4n) is 2.07. The number of Topliss-reactive ketones (excluding diaryl/α,β-unsaturated/α-hetero) is 1. The van der Waals surface area contributed by atoms with Crippen molar-refractivity contribution in [2.24, 2.45) is 5.16 Å². The maximum Gasteiger partial charge on any atom is 0.211 e. The Morgan fingerprint density at radius 3 is 2.62 bits per heavy atom. The van der Waals surface area contributed by atoms with E-state index in [0.29, 0.717) is 17.7 Å². The van der Waals surface area contributed by atoms with Crippen molar-refractivity contribution in [3.8, 4) is 5.75 Å². The fourth-order valence-corrected chi connectivity index (χ4v) is 2.07. The predicted molar refractivity (Wildman–Crippen MR) is 59.7 cm³/mol. The second-order valence-electron chi connectivity index (χ2n) is 3.91. The summed E-state index contributed by atoms with van der Waals surface area (Å²) in [6.45, 7) is 3.90. The molecule has 0 fully saturated rings. The van der Waals surface area contributed by atoms with Gasteiger partial charge in [0, 0.05) is 12.0 Å². The van der Waals surface area contributed by atoms with Crippen LogP contribution in [0.5, 0.6) is 5.75 Å². The first kappa shape index (κ1) is 10.7. The number of oxime groups is 1. The molecule has 16 heavy (non-hydrogen) atoms. The molecule has 4 heteroatoms. The van der Waals surface area contributed by atoms with Crippen LogP contribution in [0, 0.1) is 13.8 Å². The molecule has 0 radical (unpaired) electrons. The first-order valence-electron chi connectivity index (χ1n) is 5.02. The highest BCUT2D eigenvalue weighted by atomic mass is 16.5. The van der Waals surface area contributed by atoms with Crippen LogP contribution in [0.3, 0.4) is 0 Å². The van der Waals surface area contributed by atoms with Crippen molar-refractivity contribution < 1.29 is 14.7 Å². The average molecular weight is 219 g/mol. The minimum Gasteiger partial charge on any atom is -0.496 e. The average Bonchev–Trinajstić information content (AvgIpc) is 2.61. The Morgan fingerprint density at radius 2 is 2.06 bits per heavy atom. The summed E-state index contributed by atoms with van der Waals surface area (Å²) in [4.78, 5) is 11.8. The summed E-state index contributed by atoms with van der Waals surface area (Å²) in [6.07, 6.45) is 0.404. The Morgan fingerprint density at radius 1 is 1.38 bits per heavy atom. The van der Waals surface area contributed by atoms with Crippen LogP contribution in [0.25, 0.3) is 0 Å². The number of ether oxygens (including phenoxy) is 1. The van der Waals surface area contributed by atoms with Crippen LogP contribution in [0.4, 0.5) is 0 Å². The topological polar surface area (TPSA) is 58.9 Å². The van der Waals surface area contributed by atoms with Gasteiger partial charge in [0.1, 0.15) is 11.5 Å². The number of methoxy groups -OCH3 is 1. The lowest BCUT2D eigenvalue weighted by Crippen LogP contribution is -2.07. The summed E-state index contributed by atoms with van der Waals surface area (Å²) >= 11 is 0. The third kappa shape index (κ3) is 1.30. The molecule has 1 aromatic rings. The third-order valence-electron chi connectivity index (χ3n) is 3.18. The van der Waals surface area contributed by atoms with E-state index in [1.54, 1.807) is 13.2 Å². The van der Waals surface area contributed by atoms with Crippen LogP contribution in [0.2, 0.25) is 0 Å². The predicted octanol–water partition coefficient (Wildman–Crippen LogP) is 1.88. The van der Waals surface area contributed by atoms with Crippen molar-refractivity contribution in [1.29, 1.82) is 0 Å². The Kier molecular flexibility index (Phi) is 2.42. The first-order valence-corrected chi connectivity index (χ1v) is 5.02. The largest absolute Gasteiger partial charge is 0.496 e. The summed E-state index contributed by atoms with van der Waals surface area (Å²) < 4.78 is 5.21. The van der Waals surface area contributed by atoms with E-state index in [1.165, 1.54) is 0 Å². The number of rotatable bonds is 1. The summed E-state index contributed by atoms with van der Waals surface area (Å²) in [5.41, 5.74) is 3.78. The second-order valence-corrected chi connectivity index (χ2v) is 3.91. The Hall–Kier alpha value is -1.84. The SMILES string of the molecule is COc1cc2c(c(C)c1C)CC(=NO)C2=O. The molecule has 0 unspecified atom stereocenters. The molecule has 0 saturated carbocycles. The standard InChI is InChI=1S/C12H13NO3/c1-6-7(2)11(16-3)5-9-8(6)4-10(13-15)12(9)14/h5,15H,4H2,1-3H3. The van der Waals surface area contributed by atoms with Gasteiger partial charge in [-0.1, -0.05) is 5.16 Å². The van der Waals surface area contributed by atoms with Gasteiger partial charge in [-0.3, -0.25) is 4.79 Å². The molecule has 0 amide bonds. The molecule has 84 valence electrons. The lowest BCUT2D eigenvalue weighted by molar-refractivity contribution is 0.106. The van der Waals surface area contributed by atoms with Crippen molar-refractivity contribution in [2.45, 2.75) is 20.3 Å². The van der Waals surface area contributed by atoms with Crippen LogP contribution >= 0.6 is 0 Å². The Balaban J connectivity index is 2.68. The second kappa shape index (κ2) is 3.63. The number of ketones is 1. The van der Waals surface area contributed by atoms with Crippen molar-refractivity contribution >= 4 is 11.5 Å². The van der Waals surface area contributed by atoms with Crippen LogP contribution in [-0.4, -0.2) is 23.8 Å². The number of carbonyl (C=O) groups excluding carboxylic acids is 1. The fraction of sp³-hybridized carbons (Fsp3) is 0.333. The highest BCUT2D eigenvalue weighted by Gasteiger charge is 2.30. The number of carbonyl (C=O) groups is 1. The molecular weight excluding hydrogens is 206 g/mol. The van der Waals surface area contributed by atoms with E-state index in [0.717, 1.165) is 16.7 Å². The first-order chi connectivity index (χ1) is 7.60. The van der Waals surface area contributed by atoms with E-state index in [-0.39, 0.29) is 11.5 Å². The molecule has 0 aliphatic heterocycles. The molecule has 1 aromatic carbocycles. The van der Waals surface area contributed by atoms with Gasteiger partial charge < -0.3 is 9.94 Å². The number of hydrogen-bond donors (Lipinski definition) is 1. The summed E-state index contributed by atoms with van der Waals surface area (Å²) in [5.74, 6) is 0.489. The smallest absolute Gasteiger partial charge is 0.211 e. The van der Waals surface area contributed by atoms with E-state index in [9.17, 15) is 4.79 Å². The molecular formula is C12H13NO3. The van der Waals surface area contributed by atoms with Crippen LogP contribution in [0.15, 0.2) is 11.2 Å². The van der Waals surface area contributed by atoms with Crippen molar-refractivity contribution in [3.63, 3.8) is 0 Å². The van der Waals surface area contributed by atoms with Gasteiger partial charge in [-0.05, 0) is 36.6 Å². The molecule has 2 rings (SSSR count). The molecule has 0 spiro atoms. The zero-order valence-corrected chi connectivity index (χ0v) is 9.50. The summed E-state index contributed by atoms with van der Waals surface area (Å²) in [7, 11) is 1.58. The van der Waals surface area contributed by atoms with Crippen LogP contribution < -0.4 is 4.74 Å². The zero-order valence-electron chi connectivity index (χ0n) is 9.50. The molecule has 0 bridgehead atoms. The van der Waals surface area contributed by atoms with Crippen molar-refractivity contribution in [3.05, 3.63) is 28.3 Å². The van der Waals surface area contributed by atoms with Gasteiger partial charge in [-0.2, -0.15) is 0 Å². The lowest BCUT2D eigenvalue weighted by Gasteiger charge is -2.11. The van der Waals surface area contributed by atoms with Gasteiger partial charge in [-0.15, -0.1) is 0 Å². The maximum atomic E-state index is 11.8. The minimum absolute atomic E-state index is 0.200. The van der Waals surface area contributed by atoms with Gasteiger partial charge in [0.05, 0.1) is 7.11 Å². The minimum atomic E-state index is -0.209. The molecule has 1 N–H and O–H groups in total. The number of benzene rings is 1. The van der Waals surface area contributed by atoms with E-state index in [2.05, 4.69) is 5.16 Å². The highest BCUT2D eigenvalue weighted by molar-refractivity contribution is 6.49. The maximum absolute atomic E-state index is 11.8. The molecule has 4 nitrogen and oxygen atoms in total. The number of hydrogen-bond acceptors (Lipinski definition) is 4. The molecule has 1 aliphatic rings. The molecule has 0 atom stereocenters. The lowest BCUT2D eigenvalue weighted by atomic mass is 9.98. The number of nitrogens with zero attached hydrogens (tertiary/aromatic N) is 1. The quantitative estimate of drug-likeness (QED) is 0.579. The van der Waals surface area contributed by atoms with E-state index >= 15 is 0 Å². The van der Waals surface area contributed by atoms with Crippen LogP contribution in [-0.2, 0) is 6.42 Å². The van der Waals surface area contributed by atoms with Gasteiger partial charge in [-0.25, -0.2) is 0 Å². The Bertz CT molecular complexity index is 503. The molecule has 0 heterocycles. The van der Waals surface area contributed by atoms with E-state index in [1.807, 2.05) is 13.8 Å². The molecule has 0 saturated heterocycles. The molecule has 0 aromatic heterocycles. The van der Waals surface area contributed by atoms with Gasteiger partial charge >= 0.3 is 0 Å². The third-order valence-corrected chi connectivity index (χ3v) is 3.18. The highest BCUT2D eigenvalue weighted by Crippen LogP contribution is 2.32. The van der Waals surface area contributed by atoms with Gasteiger partial charge in [0.2, 0.25) is 5.78 Å². The van der Waals surface area contributed by atoms with Crippen LogP contribution in [0.1, 0.15) is 27.0 Å². The van der Waals surface area contributed by atoms with E-state index in [4.69, 9.17) is 9.94 Å². The zero-order chi connectivity index (χ0) is 11.9. The Labute approximate surface area is 93.5 Å². The van der Waals surface area contributed by atoms with Gasteiger partial charge in [0.15, 0.2) is 0 Å².